The van der Waals surface area contributed by atoms with E-state index < -0.39 is 0 Å². The first-order chi connectivity index (χ1) is 9.98. The van der Waals surface area contributed by atoms with Crippen molar-refractivity contribution in [3.63, 3.8) is 0 Å². The van der Waals surface area contributed by atoms with Crippen LogP contribution in [0.5, 0.6) is 17.2 Å². The summed E-state index contributed by atoms with van der Waals surface area (Å²) in [5.74, 6) is 1.32. The molecule has 2 atom stereocenters. The number of nitrogens with two attached hydrogens (primary N) is 1. The first kappa shape index (κ1) is 17.1. The summed E-state index contributed by atoms with van der Waals surface area (Å²) in [4.78, 5) is 11.9. The predicted molar refractivity (Wildman–Crippen MR) is 80.9 cm³/mol. The maximum absolute atomic E-state index is 11.9. The molecule has 0 aliphatic carbocycles. The van der Waals surface area contributed by atoms with Crippen LogP contribution in [0.3, 0.4) is 0 Å². The van der Waals surface area contributed by atoms with Gasteiger partial charge in [-0.25, -0.2) is 0 Å². The van der Waals surface area contributed by atoms with Gasteiger partial charge in [0.2, 0.25) is 11.7 Å². The molecule has 0 heterocycles. The number of ether oxygens (including phenoxy) is 3. The molecule has 0 aliphatic heterocycles. The zero-order valence-electron chi connectivity index (χ0n) is 13.2. The predicted octanol–water partition coefficient (Wildman–Crippen LogP) is 1.48. The van der Waals surface area contributed by atoms with Crippen LogP contribution in [0.25, 0.3) is 0 Å². The van der Waals surface area contributed by atoms with Crippen LogP contribution >= 0.6 is 0 Å². The fourth-order valence-corrected chi connectivity index (χ4v) is 1.90. The largest absolute Gasteiger partial charge is 0.493 e. The van der Waals surface area contributed by atoms with E-state index in [0.717, 1.165) is 5.56 Å². The van der Waals surface area contributed by atoms with Crippen molar-refractivity contribution in [3.8, 4) is 17.2 Å². The lowest BCUT2D eigenvalue weighted by atomic mass is 10.1. The van der Waals surface area contributed by atoms with Gasteiger partial charge in [0.05, 0.1) is 27.4 Å². The minimum atomic E-state index is -0.227. The summed E-state index contributed by atoms with van der Waals surface area (Å²) < 4.78 is 15.9. The molecule has 1 aromatic carbocycles. The number of hydrogen-bond donors (Lipinski definition) is 2. The molecular formula is C15H24N2O4. The van der Waals surface area contributed by atoms with Crippen LogP contribution in [0.1, 0.15) is 25.5 Å². The average molecular weight is 296 g/mol. The van der Waals surface area contributed by atoms with Crippen LogP contribution < -0.4 is 25.3 Å². The van der Waals surface area contributed by atoms with Crippen molar-refractivity contribution >= 4 is 5.91 Å². The Hall–Kier alpha value is -1.95. The number of amides is 1. The highest BCUT2D eigenvalue weighted by atomic mass is 16.5. The smallest absolute Gasteiger partial charge is 0.224 e. The van der Waals surface area contributed by atoms with Crippen LogP contribution in [-0.2, 0) is 4.79 Å². The highest BCUT2D eigenvalue weighted by Crippen LogP contribution is 2.39. The number of benzene rings is 1. The molecule has 3 N–H and O–H groups in total. The third kappa shape index (κ3) is 4.01. The molecule has 6 nitrogen and oxygen atoms in total. The Bertz CT molecular complexity index is 466. The fourth-order valence-electron chi connectivity index (χ4n) is 1.90. The van der Waals surface area contributed by atoms with E-state index in [1.54, 1.807) is 28.3 Å². The number of hydrogen-bond acceptors (Lipinski definition) is 5. The normalized spacial score (nSPS) is 13.2. The number of methoxy groups -OCH3 is 3. The third-order valence-electron chi connectivity index (χ3n) is 3.35. The monoisotopic (exact) mass is 296 g/mol. The van der Waals surface area contributed by atoms with E-state index in [2.05, 4.69) is 5.32 Å². The van der Waals surface area contributed by atoms with Gasteiger partial charge in [-0.2, -0.15) is 0 Å². The van der Waals surface area contributed by atoms with Gasteiger partial charge in [-0.05, 0) is 24.6 Å². The summed E-state index contributed by atoms with van der Waals surface area (Å²) >= 11 is 0. The van der Waals surface area contributed by atoms with Gasteiger partial charge in [-0.15, -0.1) is 0 Å². The minimum absolute atomic E-state index is 0.0845. The van der Waals surface area contributed by atoms with Gasteiger partial charge in [-0.1, -0.05) is 6.92 Å². The molecule has 0 bridgehead atoms. The molecule has 0 aliphatic rings. The third-order valence-corrected chi connectivity index (χ3v) is 3.35. The van der Waals surface area contributed by atoms with E-state index in [0.29, 0.717) is 23.8 Å². The molecule has 0 aromatic heterocycles. The summed E-state index contributed by atoms with van der Waals surface area (Å²) in [5.41, 5.74) is 6.36. The van der Waals surface area contributed by atoms with Gasteiger partial charge in [0.15, 0.2) is 11.5 Å². The van der Waals surface area contributed by atoms with Gasteiger partial charge in [-0.3, -0.25) is 4.79 Å². The van der Waals surface area contributed by atoms with Crippen LogP contribution in [0.2, 0.25) is 0 Å². The van der Waals surface area contributed by atoms with Crippen molar-refractivity contribution < 1.29 is 19.0 Å². The van der Waals surface area contributed by atoms with Gasteiger partial charge < -0.3 is 25.3 Å². The zero-order chi connectivity index (χ0) is 16.0. The topological polar surface area (TPSA) is 82.8 Å². The van der Waals surface area contributed by atoms with E-state index in [1.165, 1.54) is 0 Å². The van der Waals surface area contributed by atoms with Crippen LogP contribution in [0.15, 0.2) is 12.1 Å². The zero-order valence-corrected chi connectivity index (χ0v) is 13.2. The Balaban J connectivity index is 3.04. The molecule has 0 radical (unpaired) electrons. The molecule has 1 rings (SSSR count). The highest BCUT2D eigenvalue weighted by Gasteiger charge is 2.19. The summed E-state index contributed by atoms with van der Waals surface area (Å²) in [6.45, 7) is 3.99. The second kappa shape index (κ2) is 7.73. The van der Waals surface area contributed by atoms with Crippen molar-refractivity contribution in [2.75, 3.05) is 27.9 Å². The van der Waals surface area contributed by atoms with Crippen molar-refractivity contribution in [1.82, 2.24) is 5.32 Å². The lowest BCUT2D eigenvalue weighted by Gasteiger charge is -2.20. The maximum Gasteiger partial charge on any atom is 0.224 e. The van der Waals surface area contributed by atoms with E-state index >= 15 is 0 Å². The molecule has 0 saturated heterocycles. The summed E-state index contributed by atoms with van der Waals surface area (Å²) in [7, 11) is 4.66. The Morgan fingerprint density at radius 1 is 1.14 bits per heavy atom. The Morgan fingerprint density at radius 2 is 1.67 bits per heavy atom. The lowest BCUT2D eigenvalue weighted by molar-refractivity contribution is -0.124. The van der Waals surface area contributed by atoms with Crippen LogP contribution in [0, 0.1) is 5.92 Å². The molecule has 6 heteroatoms. The molecule has 0 saturated carbocycles. The van der Waals surface area contributed by atoms with Crippen molar-refractivity contribution in [3.05, 3.63) is 17.7 Å². The van der Waals surface area contributed by atoms with E-state index in [-0.39, 0.29) is 17.9 Å². The molecule has 1 aromatic rings. The number of carbonyl (C=O) groups is 1. The summed E-state index contributed by atoms with van der Waals surface area (Å²) in [6, 6.07) is 3.44. The first-order valence-electron chi connectivity index (χ1n) is 6.78. The van der Waals surface area contributed by atoms with Gasteiger partial charge in [0.25, 0.3) is 0 Å². The molecular weight excluding hydrogens is 272 g/mol. The number of carbonyl (C=O) groups excluding carboxylic acids is 1. The fraction of sp³-hybridized carbons (Fsp3) is 0.533. The quantitative estimate of drug-likeness (QED) is 0.796. The standard InChI is InChI=1S/C15H24N2O4/c1-9(8-16)15(18)17-10(2)11-6-12(19-3)14(21-5)13(7-11)20-4/h6-7,9-10H,8,16H2,1-5H3,(H,17,18). The van der Waals surface area contributed by atoms with E-state index in [9.17, 15) is 4.79 Å². The van der Waals surface area contributed by atoms with Gasteiger partial charge >= 0.3 is 0 Å². The summed E-state index contributed by atoms with van der Waals surface area (Å²) in [5, 5.41) is 2.92. The van der Waals surface area contributed by atoms with Gasteiger partial charge in [0, 0.05) is 12.5 Å². The Labute approximate surface area is 125 Å². The second-order valence-electron chi connectivity index (χ2n) is 4.83. The van der Waals surface area contributed by atoms with E-state index in [4.69, 9.17) is 19.9 Å². The molecule has 21 heavy (non-hydrogen) atoms. The minimum Gasteiger partial charge on any atom is -0.493 e. The number of rotatable bonds is 7. The number of nitrogens with one attached hydrogen (secondary N) is 1. The van der Waals surface area contributed by atoms with Crippen molar-refractivity contribution in [1.29, 1.82) is 0 Å². The van der Waals surface area contributed by atoms with Crippen molar-refractivity contribution in [2.45, 2.75) is 19.9 Å². The van der Waals surface area contributed by atoms with Crippen LogP contribution in [-0.4, -0.2) is 33.8 Å². The Morgan fingerprint density at radius 3 is 2.05 bits per heavy atom. The van der Waals surface area contributed by atoms with Crippen molar-refractivity contribution in [2.24, 2.45) is 11.7 Å². The lowest BCUT2D eigenvalue weighted by Crippen LogP contribution is -2.34. The molecule has 118 valence electrons. The van der Waals surface area contributed by atoms with Crippen LogP contribution in [0.4, 0.5) is 0 Å². The second-order valence-corrected chi connectivity index (χ2v) is 4.83. The summed E-state index contributed by atoms with van der Waals surface area (Å²) in [6.07, 6.45) is 0. The maximum atomic E-state index is 11.9. The molecule has 0 spiro atoms. The average Bonchev–Trinajstić information content (AvgIpc) is 2.51. The Kier molecular flexibility index (Phi) is 6.30. The van der Waals surface area contributed by atoms with Gasteiger partial charge in [0.1, 0.15) is 0 Å². The molecule has 0 fully saturated rings. The highest BCUT2D eigenvalue weighted by molar-refractivity contribution is 5.79. The van der Waals surface area contributed by atoms with E-state index in [1.807, 2.05) is 19.1 Å². The molecule has 1 amide bonds. The first-order valence-corrected chi connectivity index (χ1v) is 6.78. The molecule has 2 unspecified atom stereocenters. The SMILES string of the molecule is COc1cc(C(C)NC(=O)C(C)CN)cc(OC)c1OC.